The third kappa shape index (κ3) is 4.94. The molecule has 0 aliphatic rings. The van der Waals surface area contributed by atoms with Gasteiger partial charge in [0.2, 0.25) is 0 Å². The Morgan fingerprint density at radius 3 is 2.26 bits per heavy atom. The molecular weight excluding hydrogens is 544 g/mol. The maximum Gasteiger partial charge on any atom is 0.192 e. The van der Waals surface area contributed by atoms with Gasteiger partial charge in [0.05, 0.1) is 10.6 Å². The monoisotopic (exact) mass is 566 g/mol. The summed E-state index contributed by atoms with van der Waals surface area (Å²) in [6, 6.07) is 28.1. The number of hydrogen-bond acceptors (Lipinski definition) is 7. The smallest absolute Gasteiger partial charge is 0.192 e. The van der Waals surface area contributed by atoms with Crippen LogP contribution in [0, 0.1) is 0 Å². The van der Waals surface area contributed by atoms with E-state index in [0.717, 1.165) is 59.0 Å². The molecule has 0 bridgehead atoms. The van der Waals surface area contributed by atoms with Crippen LogP contribution in [0.2, 0.25) is 5.02 Å². The van der Waals surface area contributed by atoms with Gasteiger partial charge in [-0.25, -0.2) is 0 Å². The van der Waals surface area contributed by atoms with Crippen molar-refractivity contribution in [3.05, 3.63) is 108 Å². The number of nitrogens with zero attached hydrogens (tertiary/aromatic N) is 5. The van der Waals surface area contributed by atoms with Crippen molar-refractivity contribution in [2.24, 2.45) is 0 Å². The number of halogens is 1. The second-order valence-corrected chi connectivity index (χ2v) is 11.2. The molecule has 0 spiro atoms. The first-order valence-electron chi connectivity index (χ1n) is 12.2. The van der Waals surface area contributed by atoms with Crippen LogP contribution in [0.3, 0.4) is 0 Å². The zero-order valence-electron chi connectivity index (χ0n) is 20.8. The highest BCUT2D eigenvalue weighted by Gasteiger charge is 2.25. The quantitative estimate of drug-likeness (QED) is 0.148. The van der Waals surface area contributed by atoms with Crippen molar-refractivity contribution >= 4 is 50.6 Å². The molecule has 0 aliphatic carbocycles. The van der Waals surface area contributed by atoms with Gasteiger partial charge in [0, 0.05) is 33.8 Å². The Labute approximate surface area is 239 Å². The molecule has 0 amide bonds. The van der Waals surface area contributed by atoms with Crippen molar-refractivity contribution < 1.29 is 0 Å². The maximum absolute atomic E-state index is 6.93. The van der Waals surface area contributed by atoms with Crippen LogP contribution < -0.4 is 5.73 Å². The van der Waals surface area contributed by atoms with Crippen LogP contribution >= 0.6 is 34.7 Å². The molecule has 0 fully saturated rings. The van der Waals surface area contributed by atoms with E-state index in [0.29, 0.717) is 18.1 Å². The standard InChI is InChI=1S/C30H23ClN6S2/c1-2-17-37-28(34-36-30(37)38-18-19-13-15-22(31)16-14-19)27-25(32)24-23(20-9-5-3-6-10-20)26(33-35-29(24)39-27)21-11-7-4-8-12-21/h2-16H,1,17-18,32H2. The van der Waals surface area contributed by atoms with E-state index in [1.165, 1.54) is 11.3 Å². The highest BCUT2D eigenvalue weighted by Crippen LogP contribution is 2.46. The van der Waals surface area contributed by atoms with E-state index in [1.54, 1.807) is 11.8 Å². The van der Waals surface area contributed by atoms with Crippen molar-refractivity contribution in [1.82, 2.24) is 25.0 Å². The first-order valence-corrected chi connectivity index (χ1v) is 14.4. The molecule has 6 rings (SSSR count). The van der Waals surface area contributed by atoms with Gasteiger partial charge >= 0.3 is 0 Å². The van der Waals surface area contributed by atoms with Gasteiger partial charge in [-0.05, 0) is 23.3 Å². The summed E-state index contributed by atoms with van der Waals surface area (Å²) in [4.78, 5) is 1.57. The minimum Gasteiger partial charge on any atom is -0.397 e. The van der Waals surface area contributed by atoms with E-state index < -0.39 is 0 Å². The molecule has 0 radical (unpaired) electrons. The molecular formula is C30H23ClN6S2. The largest absolute Gasteiger partial charge is 0.397 e. The van der Waals surface area contributed by atoms with Gasteiger partial charge in [0.1, 0.15) is 10.5 Å². The SMILES string of the molecule is C=CCn1c(SCc2ccc(Cl)cc2)nnc1-c1sc2nnc(-c3ccccc3)c(-c3ccccc3)c2c1N. The Bertz CT molecular complexity index is 1760. The summed E-state index contributed by atoms with van der Waals surface area (Å²) in [5.41, 5.74) is 12.4. The van der Waals surface area contributed by atoms with Crippen molar-refractivity contribution in [3.63, 3.8) is 0 Å². The maximum atomic E-state index is 6.93. The molecule has 0 saturated carbocycles. The molecule has 3 heterocycles. The number of thioether (sulfide) groups is 1. The number of nitrogen functional groups attached to an aromatic ring is 1. The van der Waals surface area contributed by atoms with E-state index in [1.807, 2.05) is 83.4 Å². The fourth-order valence-electron chi connectivity index (χ4n) is 4.44. The Hall–Kier alpha value is -3.98. The summed E-state index contributed by atoms with van der Waals surface area (Å²) in [5.74, 6) is 1.42. The fourth-order valence-corrected chi connectivity index (χ4v) is 6.52. The predicted molar refractivity (Wildman–Crippen MR) is 163 cm³/mol. The number of benzene rings is 3. The Kier molecular flexibility index (Phi) is 7.15. The molecule has 9 heteroatoms. The normalized spacial score (nSPS) is 11.2. The lowest BCUT2D eigenvalue weighted by molar-refractivity contribution is 0.732. The number of nitrogens with two attached hydrogens (primary N) is 1. The van der Waals surface area contributed by atoms with Gasteiger partial charge in [-0.3, -0.25) is 4.57 Å². The second kappa shape index (κ2) is 11.0. The van der Waals surface area contributed by atoms with E-state index in [-0.39, 0.29) is 0 Å². The Balaban J connectivity index is 1.48. The minimum atomic E-state index is 0.547. The van der Waals surface area contributed by atoms with Crippen LogP contribution in [0.15, 0.2) is 103 Å². The average molecular weight is 567 g/mol. The first-order chi connectivity index (χ1) is 19.1. The number of thiophene rings is 1. The van der Waals surface area contributed by atoms with E-state index in [2.05, 4.69) is 39.1 Å². The van der Waals surface area contributed by atoms with Crippen molar-refractivity contribution in [1.29, 1.82) is 0 Å². The summed E-state index contributed by atoms with van der Waals surface area (Å²) in [6.45, 7) is 4.50. The first kappa shape index (κ1) is 25.3. The van der Waals surface area contributed by atoms with Crippen LogP contribution in [-0.4, -0.2) is 25.0 Å². The third-order valence-electron chi connectivity index (χ3n) is 6.28. The van der Waals surface area contributed by atoms with Gasteiger partial charge < -0.3 is 5.73 Å². The van der Waals surface area contributed by atoms with Gasteiger partial charge in [0.25, 0.3) is 0 Å². The second-order valence-electron chi connectivity index (χ2n) is 8.80. The lowest BCUT2D eigenvalue weighted by Gasteiger charge is -2.11. The third-order valence-corrected chi connectivity index (χ3v) is 8.65. The van der Waals surface area contributed by atoms with E-state index >= 15 is 0 Å². The van der Waals surface area contributed by atoms with Crippen LogP contribution in [0.4, 0.5) is 5.69 Å². The molecule has 3 aromatic carbocycles. The van der Waals surface area contributed by atoms with Crippen LogP contribution in [0.1, 0.15) is 5.56 Å². The molecule has 2 N–H and O–H groups in total. The van der Waals surface area contributed by atoms with Gasteiger partial charge in [0.15, 0.2) is 11.0 Å². The van der Waals surface area contributed by atoms with Gasteiger partial charge in [-0.15, -0.1) is 38.3 Å². The molecule has 6 nitrogen and oxygen atoms in total. The number of aromatic nitrogens is 5. The van der Waals surface area contributed by atoms with Crippen molar-refractivity contribution in [2.45, 2.75) is 17.5 Å². The predicted octanol–water partition coefficient (Wildman–Crippen LogP) is 8.00. The molecule has 6 aromatic rings. The summed E-state index contributed by atoms with van der Waals surface area (Å²) in [7, 11) is 0. The van der Waals surface area contributed by atoms with Crippen molar-refractivity contribution in [2.75, 3.05) is 5.73 Å². The number of allylic oxidation sites excluding steroid dienone is 1. The lowest BCUT2D eigenvalue weighted by atomic mass is 9.96. The molecule has 0 unspecified atom stereocenters. The summed E-state index contributed by atoms with van der Waals surface area (Å²) in [6.07, 6.45) is 1.84. The lowest BCUT2D eigenvalue weighted by Crippen LogP contribution is -2.01. The topological polar surface area (TPSA) is 82.5 Å². The highest BCUT2D eigenvalue weighted by atomic mass is 35.5. The van der Waals surface area contributed by atoms with Crippen LogP contribution in [0.5, 0.6) is 0 Å². The van der Waals surface area contributed by atoms with E-state index in [9.17, 15) is 0 Å². The number of anilines is 1. The minimum absolute atomic E-state index is 0.547. The van der Waals surface area contributed by atoms with Gasteiger partial charge in [-0.2, -0.15) is 0 Å². The highest BCUT2D eigenvalue weighted by molar-refractivity contribution is 7.98. The van der Waals surface area contributed by atoms with E-state index in [4.69, 9.17) is 17.3 Å². The summed E-state index contributed by atoms with van der Waals surface area (Å²) >= 11 is 9.13. The number of rotatable bonds is 8. The summed E-state index contributed by atoms with van der Waals surface area (Å²) < 4.78 is 2.04. The summed E-state index contributed by atoms with van der Waals surface area (Å²) in [5, 5.41) is 20.8. The molecule has 3 aromatic heterocycles. The molecule has 0 aliphatic heterocycles. The van der Waals surface area contributed by atoms with Crippen LogP contribution in [-0.2, 0) is 12.3 Å². The Morgan fingerprint density at radius 2 is 1.56 bits per heavy atom. The Morgan fingerprint density at radius 1 is 0.872 bits per heavy atom. The fraction of sp³-hybridized carbons (Fsp3) is 0.0667. The number of hydrogen-bond donors (Lipinski definition) is 1. The van der Waals surface area contributed by atoms with Gasteiger partial charge in [-0.1, -0.05) is 102 Å². The zero-order valence-corrected chi connectivity index (χ0v) is 23.2. The molecule has 0 atom stereocenters. The molecule has 39 heavy (non-hydrogen) atoms. The molecule has 0 saturated heterocycles. The number of fused-ring (bicyclic) bond motifs is 1. The molecule has 192 valence electrons. The zero-order chi connectivity index (χ0) is 26.8. The van der Waals surface area contributed by atoms with Crippen molar-refractivity contribution in [3.8, 4) is 33.1 Å². The average Bonchev–Trinajstić information content (AvgIpc) is 3.53. The van der Waals surface area contributed by atoms with Crippen LogP contribution in [0.25, 0.3) is 43.3 Å².